The first-order chi connectivity index (χ1) is 11.1. The average molecular weight is 441 g/mol. The maximum atomic E-state index is 13.6. The molecule has 2 aliphatic rings. The smallest absolute Gasteiger partial charge is 0.193 e. The van der Waals surface area contributed by atoms with Crippen LogP contribution in [-0.2, 0) is 6.42 Å². The van der Waals surface area contributed by atoms with Gasteiger partial charge in [-0.1, -0.05) is 24.3 Å². The Labute approximate surface area is 156 Å². The molecule has 4 rings (SSSR count). The summed E-state index contributed by atoms with van der Waals surface area (Å²) in [6.45, 7) is 0.611. The van der Waals surface area contributed by atoms with Crippen molar-refractivity contribution >= 4 is 35.6 Å². The molecule has 0 bridgehead atoms. The second-order valence-corrected chi connectivity index (χ2v) is 6.23. The van der Waals surface area contributed by atoms with Crippen LogP contribution in [0.25, 0.3) is 0 Å². The van der Waals surface area contributed by atoms with Crippen molar-refractivity contribution in [1.82, 2.24) is 0 Å². The molecule has 6 heteroatoms. The Bertz CT molecular complexity index is 794. The Morgan fingerprint density at radius 1 is 1.21 bits per heavy atom. The molecule has 3 unspecified atom stereocenters. The lowest BCUT2D eigenvalue weighted by atomic mass is 10.0. The van der Waals surface area contributed by atoms with Gasteiger partial charge in [-0.3, -0.25) is 4.99 Å². The van der Waals surface area contributed by atoms with Gasteiger partial charge in [0.15, 0.2) is 5.96 Å². The minimum atomic E-state index is -0.554. The summed E-state index contributed by atoms with van der Waals surface area (Å²) in [6, 6.07) is 11.7. The van der Waals surface area contributed by atoms with Gasteiger partial charge in [0.25, 0.3) is 0 Å². The number of hydrogen-bond donors (Lipinski definition) is 2. The van der Waals surface area contributed by atoms with E-state index in [-0.39, 0.29) is 35.6 Å². The van der Waals surface area contributed by atoms with Gasteiger partial charge in [0.05, 0.1) is 5.69 Å². The molecule has 1 saturated carbocycles. The van der Waals surface area contributed by atoms with E-state index in [0.717, 1.165) is 24.6 Å². The van der Waals surface area contributed by atoms with Gasteiger partial charge in [-0.25, -0.2) is 8.78 Å². The molecule has 3 atom stereocenters. The van der Waals surface area contributed by atoms with Gasteiger partial charge in [0.2, 0.25) is 0 Å². The number of nitrogens with two attached hydrogens (primary N) is 1. The molecule has 3 N–H and O–H groups in total. The minimum Gasteiger partial charge on any atom is -0.370 e. The largest absolute Gasteiger partial charge is 0.370 e. The van der Waals surface area contributed by atoms with Crippen LogP contribution in [0.3, 0.4) is 0 Å². The number of hydrogen-bond acceptors (Lipinski definition) is 1. The monoisotopic (exact) mass is 441 g/mol. The number of rotatable bonds is 3. The van der Waals surface area contributed by atoms with Gasteiger partial charge in [-0.15, -0.1) is 24.0 Å². The highest BCUT2D eigenvalue weighted by Gasteiger charge is 2.54. The molecule has 0 amide bonds. The highest BCUT2D eigenvalue weighted by atomic mass is 127. The summed E-state index contributed by atoms with van der Waals surface area (Å²) in [6.07, 6.45) is 1.10. The van der Waals surface area contributed by atoms with Crippen LogP contribution in [-0.4, -0.2) is 12.5 Å². The predicted molar refractivity (Wildman–Crippen MR) is 102 cm³/mol. The Balaban J connectivity index is 0.00000169. The fraction of sp³-hybridized carbons (Fsp3) is 0.278. The summed E-state index contributed by atoms with van der Waals surface area (Å²) in [5, 5.41) is 2.63. The Morgan fingerprint density at radius 2 is 2.00 bits per heavy atom. The zero-order valence-corrected chi connectivity index (χ0v) is 15.2. The van der Waals surface area contributed by atoms with Crippen LogP contribution in [0.2, 0.25) is 0 Å². The van der Waals surface area contributed by atoms with Crippen LogP contribution in [0.15, 0.2) is 47.5 Å². The van der Waals surface area contributed by atoms with Crippen LogP contribution < -0.4 is 11.1 Å². The molecule has 2 aromatic rings. The number of anilines is 1. The first-order valence-corrected chi connectivity index (χ1v) is 7.73. The van der Waals surface area contributed by atoms with Crippen molar-refractivity contribution in [1.29, 1.82) is 0 Å². The second-order valence-electron chi connectivity index (χ2n) is 6.23. The average Bonchev–Trinajstić information content (AvgIpc) is 3.07. The number of fused-ring (bicyclic) bond motifs is 3. The van der Waals surface area contributed by atoms with Gasteiger partial charge in [0, 0.05) is 12.6 Å². The van der Waals surface area contributed by atoms with E-state index in [1.807, 2.05) is 0 Å². The lowest BCUT2D eigenvalue weighted by Crippen LogP contribution is -2.24. The summed E-state index contributed by atoms with van der Waals surface area (Å²) in [4.78, 5) is 4.30. The normalized spacial score (nSPS) is 23.9. The van der Waals surface area contributed by atoms with E-state index in [1.54, 1.807) is 0 Å². The van der Waals surface area contributed by atoms with Crippen LogP contribution in [0.5, 0.6) is 0 Å². The maximum Gasteiger partial charge on any atom is 0.193 e. The summed E-state index contributed by atoms with van der Waals surface area (Å²) < 4.78 is 26.7. The molecule has 0 spiro atoms. The van der Waals surface area contributed by atoms with E-state index in [1.165, 1.54) is 11.1 Å². The van der Waals surface area contributed by atoms with Crippen molar-refractivity contribution in [3.63, 3.8) is 0 Å². The van der Waals surface area contributed by atoms with Crippen LogP contribution in [0.4, 0.5) is 14.5 Å². The van der Waals surface area contributed by atoms with E-state index < -0.39 is 11.6 Å². The molecule has 0 radical (unpaired) electrons. The van der Waals surface area contributed by atoms with E-state index in [2.05, 4.69) is 34.6 Å². The summed E-state index contributed by atoms with van der Waals surface area (Å²) in [7, 11) is 0. The molecule has 24 heavy (non-hydrogen) atoms. The molecule has 2 aliphatic carbocycles. The standard InChI is InChI=1S/C18H17F2N3.HI/c19-11-5-6-15(20)16(8-11)23-18(21)22-9-14-13-7-10-3-1-2-4-12(10)17(13)14;/h1-6,8,13-14,17H,7,9H2,(H3,21,22,23);1H. The van der Waals surface area contributed by atoms with Crippen molar-refractivity contribution in [2.24, 2.45) is 22.6 Å². The molecule has 0 aliphatic heterocycles. The Morgan fingerprint density at radius 3 is 2.83 bits per heavy atom. The van der Waals surface area contributed by atoms with Gasteiger partial charge in [-0.05, 0) is 47.4 Å². The van der Waals surface area contributed by atoms with Crippen molar-refractivity contribution in [2.45, 2.75) is 12.3 Å². The Hall–Kier alpha value is -1.70. The van der Waals surface area contributed by atoms with E-state index in [4.69, 9.17) is 5.73 Å². The van der Waals surface area contributed by atoms with Gasteiger partial charge in [-0.2, -0.15) is 0 Å². The zero-order chi connectivity index (χ0) is 16.0. The molecule has 0 heterocycles. The van der Waals surface area contributed by atoms with E-state index in [0.29, 0.717) is 24.3 Å². The van der Waals surface area contributed by atoms with Gasteiger partial charge < -0.3 is 11.1 Å². The molecule has 2 aromatic carbocycles. The van der Waals surface area contributed by atoms with Gasteiger partial charge >= 0.3 is 0 Å². The molecular formula is C18H18F2IN3. The molecular weight excluding hydrogens is 423 g/mol. The molecule has 0 saturated heterocycles. The van der Waals surface area contributed by atoms with Crippen LogP contribution >= 0.6 is 24.0 Å². The fourth-order valence-corrected chi connectivity index (χ4v) is 3.71. The molecule has 126 valence electrons. The number of guanidine groups is 1. The highest BCUT2D eigenvalue weighted by Crippen LogP contribution is 2.61. The first-order valence-electron chi connectivity index (χ1n) is 7.73. The summed E-state index contributed by atoms with van der Waals surface area (Å²) in [5.74, 6) is 0.774. The quantitative estimate of drug-likeness (QED) is 0.432. The number of benzene rings is 2. The topological polar surface area (TPSA) is 50.4 Å². The van der Waals surface area contributed by atoms with Gasteiger partial charge in [0.1, 0.15) is 11.6 Å². The lowest BCUT2D eigenvalue weighted by Gasteiger charge is -2.08. The fourth-order valence-electron chi connectivity index (χ4n) is 3.71. The SMILES string of the molecule is I.NC(=NCC1C2Cc3ccccc3C12)Nc1cc(F)ccc1F. The number of halogens is 3. The third-order valence-electron chi connectivity index (χ3n) is 4.87. The summed E-state index contributed by atoms with van der Waals surface area (Å²) >= 11 is 0. The van der Waals surface area contributed by atoms with Crippen molar-refractivity contribution < 1.29 is 8.78 Å². The number of aliphatic imine (C=N–C) groups is 1. The minimum absolute atomic E-state index is 0. The van der Waals surface area contributed by atoms with Crippen LogP contribution in [0.1, 0.15) is 17.0 Å². The number of nitrogens with zero attached hydrogens (tertiary/aromatic N) is 1. The van der Waals surface area contributed by atoms with Crippen molar-refractivity contribution in [2.75, 3.05) is 11.9 Å². The molecule has 3 nitrogen and oxygen atoms in total. The van der Waals surface area contributed by atoms with E-state index in [9.17, 15) is 8.78 Å². The molecule has 0 aromatic heterocycles. The second kappa shape index (κ2) is 6.66. The summed E-state index contributed by atoms with van der Waals surface area (Å²) in [5.41, 5.74) is 8.67. The third-order valence-corrected chi connectivity index (χ3v) is 4.87. The zero-order valence-electron chi connectivity index (χ0n) is 12.9. The lowest BCUT2D eigenvalue weighted by molar-refractivity contribution is 0.604. The van der Waals surface area contributed by atoms with E-state index >= 15 is 0 Å². The van der Waals surface area contributed by atoms with Crippen LogP contribution in [0, 0.1) is 23.5 Å². The molecule has 1 fully saturated rings. The van der Waals surface area contributed by atoms with Crippen molar-refractivity contribution in [3.8, 4) is 0 Å². The highest BCUT2D eigenvalue weighted by molar-refractivity contribution is 14.0. The third kappa shape index (κ3) is 3.11. The predicted octanol–water partition coefficient (Wildman–Crippen LogP) is 3.90. The Kier molecular flexibility index (Phi) is 4.76. The van der Waals surface area contributed by atoms with Crippen molar-refractivity contribution in [3.05, 3.63) is 65.2 Å². The maximum absolute atomic E-state index is 13.6. The first kappa shape index (κ1) is 17.1. The number of nitrogens with one attached hydrogen (secondary N) is 1.